The summed E-state index contributed by atoms with van der Waals surface area (Å²) in [7, 11) is 1.64. The van der Waals surface area contributed by atoms with Gasteiger partial charge in [-0.25, -0.2) is 4.99 Å². The summed E-state index contributed by atoms with van der Waals surface area (Å²) >= 11 is 0. The predicted octanol–water partition coefficient (Wildman–Crippen LogP) is 3.67. The molecule has 3 aromatic rings. The highest BCUT2D eigenvalue weighted by Crippen LogP contribution is 2.50. The van der Waals surface area contributed by atoms with Crippen LogP contribution in [0.25, 0.3) is 11.1 Å². The Labute approximate surface area is 180 Å². The number of nitrogens with two attached hydrogens (primary N) is 1. The minimum atomic E-state index is -1.15. The van der Waals surface area contributed by atoms with E-state index < -0.39 is 5.54 Å². The number of ether oxygens (including phenoxy) is 1. The van der Waals surface area contributed by atoms with Crippen LogP contribution < -0.4 is 10.5 Å². The highest BCUT2D eigenvalue weighted by atomic mass is 16.5. The summed E-state index contributed by atoms with van der Waals surface area (Å²) in [5.41, 5.74) is 8.93. The summed E-state index contributed by atoms with van der Waals surface area (Å²) in [4.78, 5) is 30.7. The summed E-state index contributed by atoms with van der Waals surface area (Å²) in [5, 5.41) is 0. The zero-order valence-corrected chi connectivity index (χ0v) is 17.0. The van der Waals surface area contributed by atoms with Crippen molar-refractivity contribution in [1.29, 1.82) is 0 Å². The van der Waals surface area contributed by atoms with Crippen LogP contribution in [-0.2, 0) is 10.3 Å². The molecule has 6 heteroatoms. The minimum absolute atomic E-state index is 0.172. The van der Waals surface area contributed by atoms with Crippen molar-refractivity contribution in [3.05, 3.63) is 89.5 Å². The number of hydrogen-bond donors (Lipinski definition) is 1. The first kappa shape index (κ1) is 19.1. The van der Waals surface area contributed by atoms with Crippen molar-refractivity contribution < 1.29 is 14.3 Å². The molecule has 0 saturated heterocycles. The average molecular weight is 411 g/mol. The Balaban J connectivity index is 1.67. The minimum Gasteiger partial charge on any atom is -0.485 e. The molecule has 3 aromatic carbocycles. The molecule has 5 rings (SSSR count). The third kappa shape index (κ3) is 2.99. The first-order chi connectivity index (χ1) is 15.0. The Morgan fingerprint density at radius 3 is 2.55 bits per heavy atom. The van der Waals surface area contributed by atoms with E-state index in [-0.39, 0.29) is 18.0 Å². The van der Waals surface area contributed by atoms with Gasteiger partial charge in [-0.15, -0.1) is 0 Å². The van der Waals surface area contributed by atoms with E-state index >= 15 is 0 Å². The maximum Gasteiger partial charge on any atom is 0.261 e. The van der Waals surface area contributed by atoms with Crippen LogP contribution in [0.2, 0.25) is 0 Å². The Hall–Kier alpha value is -3.93. The van der Waals surface area contributed by atoms with Gasteiger partial charge in [0.1, 0.15) is 18.1 Å². The van der Waals surface area contributed by atoms with Crippen molar-refractivity contribution in [2.45, 2.75) is 18.1 Å². The molecule has 2 aliphatic rings. The Kier molecular flexibility index (Phi) is 4.36. The lowest BCUT2D eigenvalue weighted by Crippen LogP contribution is -2.43. The number of aliphatic imine (C=N–C) groups is 1. The van der Waals surface area contributed by atoms with Gasteiger partial charge in [0.25, 0.3) is 5.91 Å². The SMILES string of the molecule is CN1C(=O)C2(CC(c3ccccc3)Oc3ccc(-c4cccc(C=O)c4)cc32)N=C1N. The molecule has 2 unspecified atom stereocenters. The van der Waals surface area contributed by atoms with Gasteiger partial charge in [-0.1, -0.05) is 54.6 Å². The number of likely N-dealkylation sites (N-methyl/N-ethyl adjacent to an activating group) is 1. The van der Waals surface area contributed by atoms with E-state index in [9.17, 15) is 9.59 Å². The van der Waals surface area contributed by atoms with E-state index in [1.165, 1.54) is 4.90 Å². The van der Waals surface area contributed by atoms with Crippen molar-refractivity contribution >= 4 is 18.2 Å². The van der Waals surface area contributed by atoms with Crippen LogP contribution in [0.3, 0.4) is 0 Å². The molecule has 154 valence electrons. The second kappa shape index (κ2) is 7.09. The Morgan fingerprint density at radius 2 is 1.84 bits per heavy atom. The molecular formula is C25H21N3O3. The number of hydrogen-bond acceptors (Lipinski definition) is 5. The largest absolute Gasteiger partial charge is 0.485 e. The van der Waals surface area contributed by atoms with Gasteiger partial charge in [0, 0.05) is 24.6 Å². The highest BCUT2D eigenvalue weighted by molar-refractivity contribution is 6.07. The number of rotatable bonds is 3. The molecule has 0 bridgehead atoms. The number of carbonyl (C=O) groups excluding carboxylic acids is 2. The predicted molar refractivity (Wildman–Crippen MR) is 118 cm³/mol. The van der Waals surface area contributed by atoms with Crippen LogP contribution in [0.15, 0.2) is 77.8 Å². The van der Waals surface area contributed by atoms with E-state index in [1.54, 1.807) is 13.1 Å². The van der Waals surface area contributed by atoms with Gasteiger partial charge < -0.3 is 10.5 Å². The summed E-state index contributed by atoms with van der Waals surface area (Å²) < 4.78 is 6.32. The molecule has 6 nitrogen and oxygen atoms in total. The zero-order chi connectivity index (χ0) is 21.6. The highest BCUT2D eigenvalue weighted by Gasteiger charge is 2.53. The van der Waals surface area contributed by atoms with Gasteiger partial charge in [0.2, 0.25) is 0 Å². The molecular weight excluding hydrogens is 390 g/mol. The van der Waals surface area contributed by atoms with E-state index in [4.69, 9.17) is 10.5 Å². The summed E-state index contributed by atoms with van der Waals surface area (Å²) in [6, 6.07) is 22.9. The normalized spacial score (nSPS) is 22.1. The fraction of sp³-hybridized carbons (Fsp3) is 0.160. The lowest BCUT2D eigenvalue weighted by atomic mass is 9.79. The number of carbonyl (C=O) groups is 2. The van der Waals surface area contributed by atoms with Gasteiger partial charge >= 0.3 is 0 Å². The number of guanidine groups is 1. The lowest BCUT2D eigenvalue weighted by molar-refractivity contribution is -0.132. The quantitative estimate of drug-likeness (QED) is 0.667. The maximum absolute atomic E-state index is 13.4. The number of aldehydes is 1. The van der Waals surface area contributed by atoms with Gasteiger partial charge in [-0.3, -0.25) is 14.5 Å². The molecule has 0 aromatic heterocycles. The molecule has 1 spiro atoms. The van der Waals surface area contributed by atoms with E-state index in [0.29, 0.717) is 23.3 Å². The van der Waals surface area contributed by atoms with E-state index in [0.717, 1.165) is 23.0 Å². The van der Waals surface area contributed by atoms with Gasteiger partial charge in [-0.2, -0.15) is 0 Å². The molecule has 2 N–H and O–H groups in total. The van der Waals surface area contributed by atoms with Crippen molar-refractivity contribution in [1.82, 2.24) is 4.90 Å². The van der Waals surface area contributed by atoms with Crippen LogP contribution in [0.1, 0.15) is 34.0 Å². The molecule has 2 heterocycles. The molecule has 0 radical (unpaired) electrons. The molecule has 0 fully saturated rings. The molecule has 0 aliphatic carbocycles. The first-order valence-corrected chi connectivity index (χ1v) is 10.1. The topological polar surface area (TPSA) is 85.0 Å². The lowest BCUT2D eigenvalue weighted by Gasteiger charge is -2.37. The third-order valence-corrected chi connectivity index (χ3v) is 6.01. The van der Waals surface area contributed by atoms with Crippen molar-refractivity contribution in [3.8, 4) is 16.9 Å². The summed E-state index contributed by atoms with van der Waals surface area (Å²) in [6.07, 6.45) is 0.841. The third-order valence-electron chi connectivity index (χ3n) is 6.01. The molecule has 0 saturated carbocycles. The molecule has 31 heavy (non-hydrogen) atoms. The fourth-order valence-electron chi connectivity index (χ4n) is 4.36. The van der Waals surface area contributed by atoms with Crippen molar-refractivity contribution in [2.75, 3.05) is 7.05 Å². The monoisotopic (exact) mass is 411 g/mol. The fourth-order valence-corrected chi connectivity index (χ4v) is 4.36. The van der Waals surface area contributed by atoms with Crippen LogP contribution in [-0.4, -0.2) is 30.1 Å². The standard InChI is InChI=1S/C25H21N3O3/c1-28-23(30)25(27-24(28)26)14-22(17-7-3-2-4-8-17)31-21-11-10-19(13-20(21)25)18-9-5-6-16(12-18)15-29/h2-13,15,22H,14H2,1H3,(H2,26,27). The Morgan fingerprint density at radius 1 is 1.06 bits per heavy atom. The molecule has 1 amide bonds. The molecule has 2 atom stereocenters. The van der Waals surface area contributed by atoms with Gasteiger partial charge in [0.05, 0.1) is 0 Å². The second-order valence-electron chi connectivity index (χ2n) is 7.87. The van der Waals surface area contributed by atoms with E-state index in [2.05, 4.69) is 4.99 Å². The van der Waals surface area contributed by atoms with Crippen LogP contribution in [0.5, 0.6) is 5.75 Å². The number of benzene rings is 3. The first-order valence-electron chi connectivity index (χ1n) is 10.1. The van der Waals surface area contributed by atoms with Crippen LogP contribution >= 0.6 is 0 Å². The number of fused-ring (bicyclic) bond motifs is 2. The van der Waals surface area contributed by atoms with Crippen molar-refractivity contribution in [3.63, 3.8) is 0 Å². The maximum atomic E-state index is 13.4. The van der Waals surface area contributed by atoms with Gasteiger partial charge in [0.15, 0.2) is 11.5 Å². The average Bonchev–Trinajstić information content (AvgIpc) is 3.03. The van der Waals surface area contributed by atoms with E-state index in [1.807, 2.05) is 66.7 Å². The number of nitrogens with zero attached hydrogens (tertiary/aromatic N) is 2. The van der Waals surface area contributed by atoms with Gasteiger partial charge in [-0.05, 0) is 34.9 Å². The van der Waals surface area contributed by atoms with Crippen molar-refractivity contribution in [2.24, 2.45) is 10.7 Å². The number of amides is 1. The smallest absolute Gasteiger partial charge is 0.261 e. The van der Waals surface area contributed by atoms with Crippen LogP contribution in [0.4, 0.5) is 0 Å². The zero-order valence-electron chi connectivity index (χ0n) is 17.0. The summed E-state index contributed by atoms with van der Waals surface area (Å²) in [5.74, 6) is 0.628. The second-order valence-corrected chi connectivity index (χ2v) is 7.87. The Bertz CT molecular complexity index is 1220. The molecule has 2 aliphatic heterocycles. The summed E-state index contributed by atoms with van der Waals surface area (Å²) in [6.45, 7) is 0. The van der Waals surface area contributed by atoms with Crippen LogP contribution in [0, 0.1) is 0 Å².